The van der Waals surface area contributed by atoms with Gasteiger partial charge in [-0.3, -0.25) is 38.1 Å². The van der Waals surface area contributed by atoms with Crippen LogP contribution in [0.5, 0.6) is 34.5 Å². The average Bonchev–Trinajstić information content (AvgIpc) is 1.69. The number of carbonyl (C=O) groups is 4. The van der Waals surface area contributed by atoms with Crippen LogP contribution in [-0.2, 0) is 33.2 Å². The summed E-state index contributed by atoms with van der Waals surface area (Å²) in [6.45, 7) is 17.1. The minimum Gasteiger partial charge on any atom is -0.493 e. The van der Waals surface area contributed by atoms with E-state index in [0.717, 1.165) is 97.0 Å². The number of likely N-dealkylation sites (N-methyl/N-ethyl adjacent to an activating group) is 1. The smallest absolute Gasteiger partial charge is 0.328 e. The maximum atomic E-state index is 13.9. The Hall–Kier alpha value is -8.52. The van der Waals surface area contributed by atoms with Gasteiger partial charge in [0.05, 0.1) is 57.3 Å². The number of imidazole rings is 1. The van der Waals surface area contributed by atoms with Gasteiger partial charge in [-0.2, -0.15) is 0 Å². The van der Waals surface area contributed by atoms with E-state index >= 15 is 0 Å². The van der Waals surface area contributed by atoms with Gasteiger partial charge >= 0.3 is 5.69 Å². The van der Waals surface area contributed by atoms with E-state index in [1.807, 2.05) is 132 Å². The Labute approximate surface area is 561 Å². The van der Waals surface area contributed by atoms with Gasteiger partial charge in [0.1, 0.15) is 28.8 Å². The number of benzene rings is 4. The average molecular weight is 1330 g/mol. The van der Waals surface area contributed by atoms with Crippen molar-refractivity contribution in [1.29, 1.82) is 5.41 Å². The Bertz CT molecular complexity index is 3730. The number of nitrogens with one attached hydrogen (secondary N) is 4. The fourth-order valence-electron chi connectivity index (χ4n) is 11.4. The molecule has 8 N–H and O–H groups in total. The van der Waals surface area contributed by atoms with E-state index in [-0.39, 0.29) is 65.4 Å². The second-order valence-corrected chi connectivity index (χ2v) is 24.9. The van der Waals surface area contributed by atoms with Gasteiger partial charge in [-0.05, 0) is 151 Å². The lowest BCUT2D eigenvalue weighted by molar-refractivity contribution is -0.123. The third kappa shape index (κ3) is 21.2. The molecule has 1 fully saturated rings. The maximum absolute atomic E-state index is 13.9. The topological polar surface area (TPSA) is 296 Å². The number of unbranched alkanes of at least 4 members (excludes halogenated alkanes) is 1. The van der Waals surface area contributed by atoms with Gasteiger partial charge in [-0.15, -0.1) is 0 Å². The third-order valence-corrected chi connectivity index (χ3v) is 17.2. The Kier molecular flexibility index (Phi) is 29.4. The van der Waals surface area contributed by atoms with Crippen LogP contribution in [0.1, 0.15) is 108 Å². The molecule has 4 aromatic carbocycles. The maximum Gasteiger partial charge on any atom is 0.328 e. The summed E-state index contributed by atoms with van der Waals surface area (Å²) in [5.74, 6) is 4.28. The number of hydrogen-bond donors (Lipinski definition) is 4. The lowest BCUT2D eigenvalue weighted by atomic mass is 9.88. The van der Waals surface area contributed by atoms with E-state index in [9.17, 15) is 24.0 Å². The van der Waals surface area contributed by atoms with Crippen molar-refractivity contribution in [3.63, 3.8) is 0 Å². The predicted molar refractivity (Wildman–Crippen MR) is 376 cm³/mol. The minimum absolute atomic E-state index is 0. The molecular weight excluding hydrogens is 1230 g/mol. The van der Waals surface area contributed by atoms with Crippen LogP contribution in [0, 0.1) is 5.41 Å². The number of ether oxygens (including phenoxy) is 6. The summed E-state index contributed by atoms with van der Waals surface area (Å²) in [4.78, 5) is 77.6. The van der Waals surface area contributed by atoms with Crippen LogP contribution < -0.4 is 49.6 Å². The number of carbonyl (C=O) groups excluding carboxylic acids is 4. The Morgan fingerprint density at radius 2 is 1.48 bits per heavy atom. The molecule has 2 aliphatic rings. The molecule has 1 aliphatic carbocycles. The van der Waals surface area contributed by atoms with Crippen molar-refractivity contribution in [1.82, 2.24) is 29.2 Å². The van der Waals surface area contributed by atoms with E-state index in [2.05, 4.69) is 25.2 Å². The summed E-state index contributed by atoms with van der Waals surface area (Å²) in [7, 11) is 8.60. The molecule has 0 unspecified atom stereocenters. The summed E-state index contributed by atoms with van der Waals surface area (Å²) in [5, 5.41) is 14.7. The van der Waals surface area contributed by atoms with Crippen molar-refractivity contribution >= 4 is 69.6 Å². The lowest BCUT2D eigenvalue weighted by Gasteiger charge is -2.35. The molecule has 8 rings (SSSR count). The minimum atomic E-state index is -0.158. The van der Waals surface area contributed by atoms with Crippen LogP contribution in [-0.4, -0.2) is 170 Å². The molecular formula is C71H96N10O13S. The molecule has 95 heavy (non-hydrogen) atoms. The molecule has 1 aliphatic heterocycles. The number of allylic oxidation sites excluding steroid dienone is 4. The first kappa shape index (κ1) is 75.5. The summed E-state index contributed by atoms with van der Waals surface area (Å²) in [5.41, 5.74) is 7.92. The van der Waals surface area contributed by atoms with Crippen molar-refractivity contribution in [2.24, 2.45) is 14.1 Å². The highest BCUT2D eigenvalue weighted by Crippen LogP contribution is 2.40. The van der Waals surface area contributed by atoms with Crippen LogP contribution in [0.4, 0.5) is 17.2 Å². The second kappa shape index (κ2) is 37.0. The monoisotopic (exact) mass is 1330 g/mol. The molecule has 0 spiro atoms. The van der Waals surface area contributed by atoms with Crippen LogP contribution in [0.25, 0.3) is 22.2 Å². The van der Waals surface area contributed by atoms with Crippen LogP contribution in [0.2, 0.25) is 0 Å². The van der Waals surface area contributed by atoms with E-state index in [0.29, 0.717) is 127 Å². The zero-order valence-electron chi connectivity index (χ0n) is 56.7. The molecule has 24 heteroatoms. The van der Waals surface area contributed by atoms with Gasteiger partial charge in [0.25, 0.3) is 0 Å². The molecule has 23 nitrogen and oxygen atoms in total. The molecule has 1 saturated heterocycles. The van der Waals surface area contributed by atoms with Gasteiger partial charge in [0.15, 0.2) is 28.8 Å². The summed E-state index contributed by atoms with van der Waals surface area (Å²) in [6.07, 6.45) is 9.61. The Morgan fingerprint density at radius 3 is 2.16 bits per heavy atom. The first-order valence-corrected chi connectivity index (χ1v) is 33.0. The summed E-state index contributed by atoms with van der Waals surface area (Å²) in [6, 6.07) is 22.8. The highest BCUT2D eigenvalue weighted by molar-refractivity contribution is 8.00. The van der Waals surface area contributed by atoms with Crippen LogP contribution >= 0.6 is 11.9 Å². The number of pyridine rings is 1. The number of aromatic nitrogens is 3. The first-order valence-electron chi connectivity index (χ1n) is 32.1. The largest absolute Gasteiger partial charge is 0.493 e. The highest BCUT2D eigenvalue weighted by atomic mass is 32.2. The standard InChI is InChI=1S/C71H92N10O11S.2H2O/c1-11-30-90-53-38-54(40-55(39-53)92-67-43-63-62(78(7)71(86)79(63)8)42-61(67)76-93-56-17-20-66(87-9)68(41-56)88-10)91-32-13-12-24-77(6)46-52(82)15-14-31-89-33-22-70(85)73-23-25-80-26-28-81(29-27-80)69-21-16-50(45-74-69)51-36-58(59(44-72)60(37-51)75-47(2)3)64(83)19-18-57-49(5)34-48(4)35-65(57)84;;/h16-17,20-21,34,36-45,47,72,75-76H,11-15,18-19,22-33,35,46H2,1-10H3,(H,73,85);2*1H2. The number of hydrogen-bond acceptors (Lipinski definition) is 19. The number of anilines is 3. The molecule has 2 aromatic heterocycles. The fraction of sp³-hybridized carbons (Fsp3) is 0.451. The number of nitrogens with zero attached hydrogens (tertiary/aromatic N) is 6. The number of amides is 1. The van der Waals surface area contributed by atoms with Gasteiger partial charge in [-0.25, -0.2) is 9.78 Å². The van der Waals surface area contributed by atoms with E-state index in [4.69, 9.17) is 38.8 Å². The second-order valence-electron chi connectivity index (χ2n) is 24.0. The van der Waals surface area contributed by atoms with Crippen molar-refractivity contribution < 1.29 is 58.6 Å². The van der Waals surface area contributed by atoms with Crippen molar-refractivity contribution in [2.75, 3.05) is 115 Å². The SMILES string of the molecule is CCCOc1cc(OCCCCN(C)CC(=O)CCCOCCC(=O)NCCN2CCN(c3ccc(-c4cc(NC(C)C)c(C=N)c(C(=O)CCC5=C(C)C=C(C)CC5=O)c4)cn3)CC2)cc(Oc2cc3c(cc2NSc2ccc(OC)c(OC)c2)n(C)c(=O)n3C)c1.O.O. The highest BCUT2D eigenvalue weighted by Gasteiger charge is 2.24. The zero-order chi connectivity index (χ0) is 66.6. The Morgan fingerprint density at radius 1 is 0.768 bits per heavy atom. The number of ketones is 3. The molecule has 6 aromatic rings. The summed E-state index contributed by atoms with van der Waals surface area (Å²) >= 11 is 1.36. The molecule has 3 heterocycles. The number of aryl methyl sites for hydroxylation is 2. The quantitative estimate of drug-likeness (QED) is 0.0122. The van der Waals surface area contributed by atoms with Gasteiger partial charge in [0, 0.05) is 156 Å². The first-order chi connectivity index (χ1) is 44.8. The van der Waals surface area contributed by atoms with Crippen molar-refractivity contribution in [3.05, 3.63) is 123 Å². The van der Waals surface area contributed by atoms with Gasteiger partial charge in [-0.1, -0.05) is 18.6 Å². The number of methoxy groups -OCH3 is 2. The van der Waals surface area contributed by atoms with E-state index < -0.39 is 0 Å². The summed E-state index contributed by atoms with van der Waals surface area (Å²) < 4.78 is 42.2. The molecule has 0 saturated carbocycles. The molecule has 0 bridgehead atoms. The van der Waals surface area contributed by atoms with Gasteiger partial charge in [0.2, 0.25) is 5.91 Å². The predicted octanol–water partition coefficient (Wildman–Crippen LogP) is 9.81. The molecule has 1 amide bonds. The molecule has 514 valence electrons. The number of Topliss-reactive ketones (excluding diaryl/α,β-unsaturated/α-hetero) is 3. The van der Waals surface area contributed by atoms with Crippen molar-refractivity contribution in [2.45, 2.75) is 103 Å². The van der Waals surface area contributed by atoms with E-state index in [1.165, 1.54) is 18.2 Å². The zero-order valence-corrected chi connectivity index (χ0v) is 57.5. The van der Waals surface area contributed by atoms with Crippen LogP contribution in [0.15, 0.2) is 111 Å². The number of piperazine rings is 1. The molecule has 0 radical (unpaired) electrons. The molecule has 0 atom stereocenters. The van der Waals surface area contributed by atoms with Gasteiger partial charge < -0.3 is 65.0 Å². The third-order valence-electron chi connectivity index (χ3n) is 16.3. The number of rotatable bonds is 37. The van der Waals surface area contributed by atoms with Crippen LogP contribution in [0.3, 0.4) is 0 Å². The normalized spacial score (nSPS) is 13.3. The fourth-order valence-corrected chi connectivity index (χ4v) is 12.1. The van der Waals surface area contributed by atoms with Crippen molar-refractivity contribution in [3.8, 4) is 45.6 Å². The number of fused-ring (bicyclic) bond motifs is 1. The Balaban J connectivity index is 0.00000714. The lowest BCUT2D eigenvalue weighted by Crippen LogP contribution is -2.48. The van der Waals surface area contributed by atoms with E-state index in [1.54, 1.807) is 37.4 Å².